The number of fused-ring (bicyclic) bond motifs is 2. The highest BCUT2D eigenvalue weighted by molar-refractivity contribution is 5.96. The number of carbonyl (C=O) groups excluding carboxylic acids is 1. The summed E-state index contributed by atoms with van der Waals surface area (Å²) in [6.45, 7) is 6.88. The molecule has 0 radical (unpaired) electrons. The first kappa shape index (κ1) is 20.8. The maximum absolute atomic E-state index is 14.0. The Kier molecular flexibility index (Phi) is 5.27. The number of benzene rings is 1. The highest BCUT2D eigenvalue weighted by atomic mass is 16.5. The molecule has 1 saturated heterocycles. The zero-order valence-electron chi connectivity index (χ0n) is 18.7. The van der Waals surface area contributed by atoms with E-state index in [2.05, 4.69) is 20.7 Å². The van der Waals surface area contributed by atoms with Gasteiger partial charge in [-0.15, -0.1) is 0 Å². The van der Waals surface area contributed by atoms with Crippen molar-refractivity contribution in [3.05, 3.63) is 71.4 Å². The van der Waals surface area contributed by atoms with Gasteiger partial charge in [-0.05, 0) is 35.7 Å². The van der Waals surface area contributed by atoms with Gasteiger partial charge in [-0.3, -0.25) is 9.69 Å². The Labute approximate surface area is 187 Å². The molecule has 1 aromatic carbocycles. The monoisotopic (exact) mass is 436 g/mol. The number of hydrogen-bond acceptors (Lipinski definition) is 6. The summed E-state index contributed by atoms with van der Waals surface area (Å²) in [4.78, 5) is 18.2. The normalized spacial score (nSPS) is 21.2. The van der Waals surface area contributed by atoms with Crippen molar-refractivity contribution < 1.29 is 18.8 Å². The van der Waals surface area contributed by atoms with Gasteiger partial charge >= 0.3 is 0 Å². The number of ether oxygens (including phenoxy) is 2. The molecule has 168 valence electrons. The molecule has 2 aromatic heterocycles. The van der Waals surface area contributed by atoms with Gasteiger partial charge in [-0.2, -0.15) is 0 Å². The minimum Gasteiger partial charge on any atom is -0.497 e. The maximum atomic E-state index is 14.0. The molecule has 1 amide bonds. The van der Waals surface area contributed by atoms with E-state index in [0.29, 0.717) is 44.2 Å². The standard InChI is InChI=1S/C24H28N4O4/c1-17(2)22-21(14-32-25-22)23(29)28-12-11-27-16-31-13-19-5-4-10-26(19)15-24(27,28)18-6-8-20(30-3)9-7-18/h4-10,14,17H,11-13,15-16H2,1-3H3. The van der Waals surface area contributed by atoms with Crippen LogP contribution < -0.4 is 4.74 Å². The van der Waals surface area contributed by atoms with Gasteiger partial charge < -0.3 is 23.5 Å². The summed E-state index contributed by atoms with van der Waals surface area (Å²) >= 11 is 0. The number of hydrogen-bond donors (Lipinski definition) is 0. The van der Waals surface area contributed by atoms with E-state index in [0.717, 1.165) is 17.0 Å². The smallest absolute Gasteiger partial charge is 0.260 e. The lowest BCUT2D eigenvalue weighted by molar-refractivity contribution is -0.0813. The quantitative estimate of drug-likeness (QED) is 0.624. The fourth-order valence-electron chi connectivity index (χ4n) is 4.88. The molecule has 0 bridgehead atoms. The van der Waals surface area contributed by atoms with Crippen molar-refractivity contribution in [1.29, 1.82) is 0 Å². The van der Waals surface area contributed by atoms with Crippen LogP contribution in [0.2, 0.25) is 0 Å². The van der Waals surface area contributed by atoms with Crippen LogP contribution in [0.15, 0.2) is 53.4 Å². The molecule has 8 heteroatoms. The third-order valence-electron chi connectivity index (χ3n) is 6.55. The molecule has 8 nitrogen and oxygen atoms in total. The SMILES string of the molecule is COc1ccc(C23Cn4cccc4COCN2CCN3C(=O)c2conc2C(C)C)cc1. The van der Waals surface area contributed by atoms with Crippen LogP contribution in [-0.2, 0) is 23.6 Å². The molecular weight excluding hydrogens is 408 g/mol. The van der Waals surface area contributed by atoms with Gasteiger partial charge in [0.25, 0.3) is 5.91 Å². The molecule has 2 aliphatic rings. The minimum atomic E-state index is -0.719. The Hall–Kier alpha value is -3.10. The molecule has 3 aromatic rings. The summed E-state index contributed by atoms with van der Waals surface area (Å²) in [5.74, 6) is 0.778. The topological polar surface area (TPSA) is 73.0 Å². The third kappa shape index (κ3) is 3.22. The highest BCUT2D eigenvalue weighted by Gasteiger charge is 2.52. The lowest BCUT2D eigenvalue weighted by Crippen LogP contribution is -2.56. The summed E-state index contributed by atoms with van der Waals surface area (Å²) in [5.41, 5.74) is 2.58. The minimum absolute atomic E-state index is 0.0810. The predicted molar refractivity (Wildman–Crippen MR) is 117 cm³/mol. The number of amides is 1. The second-order valence-corrected chi connectivity index (χ2v) is 8.64. The van der Waals surface area contributed by atoms with Crippen molar-refractivity contribution in [3.8, 4) is 5.75 Å². The summed E-state index contributed by atoms with van der Waals surface area (Å²) in [5, 5.41) is 4.11. The first-order chi connectivity index (χ1) is 15.5. The van der Waals surface area contributed by atoms with Crippen LogP contribution in [0.25, 0.3) is 0 Å². The lowest BCUT2D eigenvalue weighted by atomic mass is 9.95. The van der Waals surface area contributed by atoms with E-state index < -0.39 is 5.66 Å². The Morgan fingerprint density at radius 3 is 2.75 bits per heavy atom. The highest BCUT2D eigenvalue weighted by Crippen LogP contribution is 2.42. The van der Waals surface area contributed by atoms with Crippen LogP contribution in [0.5, 0.6) is 5.75 Å². The average Bonchev–Trinajstić information content (AvgIpc) is 3.52. The molecule has 32 heavy (non-hydrogen) atoms. The van der Waals surface area contributed by atoms with Crippen LogP contribution in [0.1, 0.15) is 47.1 Å². The molecule has 0 saturated carbocycles. The van der Waals surface area contributed by atoms with Gasteiger partial charge in [0.1, 0.15) is 30.0 Å². The Morgan fingerprint density at radius 1 is 1.19 bits per heavy atom. The van der Waals surface area contributed by atoms with Crippen LogP contribution >= 0.6 is 0 Å². The zero-order valence-corrected chi connectivity index (χ0v) is 18.7. The van der Waals surface area contributed by atoms with E-state index in [9.17, 15) is 4.79 Å². The van der Waals surface area contributed by atoms with Crippen LogP contribution in [0.3, 0.4) is 0 Å². The van der Waals surface area contributed by atoms with Crippen molar-refractivity contribution in [3.63, 3.8) is 0 Å². The number of methoxy groups -OCH3 is 1. The molecule has 0 aliphatic carbocycles. The third-order valence-corrected chi connectivity index (χ3v) is 6.55. The Balaban J connectivity index is 1.66. The molecule has 1 atom stereocenters. The molecule has 2 aliphatic heterocycles. The Morgan fingerprint density at radius 2 is 2.00 bits per heavy atom. The zero-order chi connectivity index (χ0) is 22.3. The average molecular weight is 437 g/mol. The first-order valence-electron chi connectivity index (χ1n) is 10.9. The fraction of sp³-hybridized carbons (Fsp3) is 0.417. The van der Waals surface area contributed by atoms with E-state index in [1.165, 1.54) is 6.26 Å². The number of aromatic nitrogens is 2. The first-order valence-corrected chi connectivity index (χ1v) is 10.9. The van der Waals surface area contributed by atoms with Crippen molar-refractivity contribution >= 4 is 5.91 Å². The molecule has 0 N–H and O–H groups in total. The van der Waals surface area contributed by atoms with E-state index in [1.54, 1.807) is 7.11 Å². The molecule has 4 heterocycles. The maximum Gasteiger partial charge on any atom is 0.260 e. The van der Waals surface area contributed by atoms with Crippen molar-refractivity contribution in [2.75, 3.05) is 26.9 Å². The van der Waals surface area contributed by atoms with Crippen LogP contribution in [0, 0.1) is 0 Å². The fourth-order valence-corrected chi connectivity index (χ4v) is 4.88. The summed E-state index contributed by atoms with van der Waals surface area (Å²) in [6, 6.07) is 12.1. The molecule has 1 unspecified atom stereocenters. The van der Waals surface area contributed by atoms with E-state index in [-0.39, 0.29) is 11.8 Å². The lowest BCUT2D eigenvalue weighted by Gasteiger charge is -2.45. The van der Waals surface area contributed by atoms with E-state index in [4.69, 9.17) is 14.0 Å². The number of nitrogens with zero attached hydrogens (tertiary/aromatic N) is 4. The van der Waals surface area contributed by atoms with Gasteiger partial charge in [0, 0.05) is 25.0 Å². The van der Waals surface area contributed by atoms with Gasteiger partial charge in [0.05, 0.1) is 26.0 Å². The molecule has 0 spiro atoms. The Bertz CT molecular complexity index is 1100. The van der Waals surface area contributed by atoms with Crippen molar-refractivity contribution in [2.45, 2.75) is 38.6 Å². The summed E-state index contributed by atoms with van der Waals surface area (Å²) < 4.78 is 18.8. The predicted octanol–water partition coefficient (Wildman–Crippen LogP) is 3.41. The van der Waals surface area contributed by atoms with Gasteiger partial charge in [0.2, 0.25) is 0 Å². The van der Waals surface area contributed by atoms with Crippen molar-refractivity contribution in [1.82, 2.24) is 19.5 Å². The van der Waals surface area contributed by atoms with Crippen LogP contribution in [-0.4, -0.2) is 52.4 Å². The van der Waals surface area contributed by atoms with E-state index in [1.807, 2.05) is 55.3 Å². The summed E-state index contributed by atoms with van der Waals surface area (Å²) in [7, 11) is 1.65. The van der Waals surface area contributed by atoms with Gasteiger partial charge in [-0.25, -0.2) is 0 Å². The largest absolute Gasteiger partial charge is 0.497 e. The van der Waals surface area contributed by atoms with Gasteiger partial charge in [-0.1, -0.05) is 31.1 Å². The van der Waals surface area contributed by atoms with Gasteiger partial charge in [0.15, 0.2) is 0 Å². The number of carbonyl (C=O) groups is 1. The number of rotatable bonds is 4. The molecule has 5 rings (SSSR count). The van der Waals surface area contributed by atoms with Crippen molar-refractivity contribution in [2.24, 2.45) is 0 Å². The second-order valence-electron chi connectivity index (χ2n) is 8.64. The summed E-state index contributed by atoms with van der Waals surface area (Å²) in [6.07, 6.45) is 3.52. The van der Waals surface area contributed by atoms with E-state index >= 15 is 0 Å². The molecular formula is C24H28N4O4. The molecule has 1 fully saturated rings. The van der Waals surface area contributed by atoms with Crippen LogP contribution in [0.4, 0.5) is 0 Å². The second kappa shape index (κ2) is 8.11.